The van der Waals surface area contributed by atoms with Crippen LogP contribution >= 0.6 is 0 Å². The van der Waals surface area contributed by atoms with Gasteiger partial charge >= 0.3 is 5.97 Å². The van der Waals surface area contributed by atoms with Crippen molar-refractivity contribution in [3.05, 3.63) is 29.8 Å². The predicted octanol–water partition coefficient (Wildman–Crippen LogP) is 3.21. The normalized spacial score (nSPS) is 13.6. The van der Waals surface area contributed by atoms with Crippen LogP contribution in [0.2, 0.25) is 0 Å². The molecule has 0 aliphatic heterocycles. The predicted molar refractivity (Wildman–Crippen MR) is 79.6 cm³/mol. The van der Waals surface area contributed by atoms with Crippen LogP contribution in [-0.4, -0.2) is 18.7 Å². The van der Waals surface area contributed by atoms with Gasteiger partial charge in [-0.3, -0.25) is 0 Å². The van der Waals surface area contributed by atoms with E-state index in [4.69, 9.17) is 15.2 Å². The van der Waals surface area contributed by atoms with Gasteiger partial charge in [-0.2, -0.15) is 0 Å². The van der Waals surface area contributed by atoms with Gasteiger partial charge in [-0.15, -0.1) is 0 Å². The molecule has 0 aromatic heterocycles. The summed E-state index contributed by atoms with van der Waals surface area (Å²) in [6.45, 7) is 6.19. The third-order valence-corrected chi connectivity index (χ3v) is 3.13. The van der Waals surface area contributed by atoms with Crippen molar-refractivity contribution in [3.8, 4) is 5.75 Å². The van der Waals surface area contributed by atoms with E-state index in [9.17, 15) is 4.79 Å². The van der Waals surface area contributed by atoms with Crippen LogP contribution in [0.15, 0.2) is 24.3 Å². The Bertz CT molecular complexity index is 420. The van der Waals surface area contributed by atoms with E-state index >= 15 is 0 Å². The molecule has 1 aromatic carbocycles. The van der Waals surface area contributed by atoms with Crippen molar-refractivity contribution in [1.29, 1.82) is 0 Å². The van der Waals surface area contributed by atoms with Gasteiger partial charge in [-0.05, 0) is 25.8 Å². The van der Waals surface area contributed by atoms with Crippen LogP contribution in [0.25, 0.3) is 0 Å². The molecule has 2 unspecified atom stereocenters. The molecule has 0 bridgehead atoms. The zero-order chi connectivity index (χ0) is 15.0. The molecule has 112 valence electrons. The maximum absolute atomic E-state index is 11.9. The quantitative estimate of drug-likeness (QED) is 0.742. The molecule has 0 saturated heterocycles. The molecule has 2 atom stereocenters. The molecule has 1 aromatic rings. The number of rotatable bonds is 8. The van der Waals surface area contributed by atoms with Gasteiger partial charge in [0.1, 0.15) is 5.75 Å². The summed E-state index contributed by atoms with van der Waals surface area (Å²) < 4.78 is 10.9. The van der Waals surface area contributed by atoms with Gasteiger partial charge in [0.05, 0.1) is 6.61 Å². The Balaban J connectivity index is 2.90. The number of benzene rings is 1. The van der Waals surface area contributed by atoms with Gasteiger partial charge in [-0.1, -0.05) is 38.5 Å². The zero-order valence-electron chi connectivity index (χ0n) is 12.6. The Morgan fingerprint density at radius 3 is 2.55 bits per heavy atom. The summed E-state index contributed by atoms with van der Waals surface area (Å²) in [5.41, 5.74) is 7.01. The van der Waals surface area contributed by atoms with E-state index < -0.39 is 6.10 Å². The minimum absolute atomic E-state index is 0.0873. The van der Waals surface area contributed by atoms with Crippen molar-refractivity contribution < 1.29 is 14.3 Å². The number of carbonyl (C=O) groups excluding carboxylic acids is 1. The van der Waals surface area contributed by atoms with Gasteiger partial charge in [0.25, 0.3) is 0 Å². The summed E-state index contributed by atoms with van der Waals surface area (Å²) in [4.78, 5) is 11.9. The average molecular weight is 279 g/mol. The molecule has 0 saturated carbocycles. The molecule has 2 N–H and O–H groups in total. The number of hydrogen-bond acceptors (Lipinski definition) is 4. The molecule has 1 rings (SSSR count). The van der Waals surface area contributed by atoms with Crippen molar-refractivity contribution in [1.82, 2.24) is 0 Å². The van der Waals surface area contributed by atoms with Crippen molar-refractivity contribution in [2.75, 3.05) is 6.61 Å². The first-order chi connectivity index (χ1) is 9.63. The van der Waals surface area contributed by atoms with Crippen molar-refractivity contribution in [2.45, 2.75) is 52.2 Å². The highest BCUT2D eigenvalue weighted by molar-refractivity contribution is 5.75. The van der Waals surface area contributed by atoms with E-state index in [-0.39, 0.29) is 12.0 Å². The molecule has 4 nitrogen and oxygen atoms in total. The maximum atomic E-state index is 11.9. The van der Waals surface area contributed by atoms with Crippen molar-refractivity contribution in [3.63, 3.8) is 0 Å². The van der Waals surface area contributed by atoms with E-state index in [0.717, 1.165) is 18.4 Å². The number of para-hydroxylation sites is 1. The minimum Gasteiger partial charge on any atom is -0.478 e. The van der Waals surface area contributed by atoms with E-state index in [1.54, 1.807) is 6.92 Å². The zero-order valence-corrected chi connectivity index (χ0v) is 12.6. The number of esters is 1. The van der Waals surface area contributed by atoms with Crippen molar-refractivity contribution in [2.24, 2.45) is 5.73 Å². The molecular weight excluding hydrogens is 254 g/mol. The summed E-state index contributed by atoms with van der Waals surface area (Å²) in [5, 5.41) is 0. The van der Waals surface area contributed by atoms with E-state index in [0.29, 0.717) is 18.8 Å². The average Bonchev–Trinajstić information content (AvgIpc) is 2.46. The monoisotopic (exact) mass is 279 g/mol. The molecule has 0 aliphatic carbocycles. The smallest absolute Gasteiger partial charge is 0.347 e. The fourth-order valence-corrected chi connectivity index (χ4v) is 1.99. The van der Waals surface area contributed by atoms with Crippen LogP contribution < -0.4 is 10.5 Å². The highest BCUT2D eigenvalue weighted by Gasteiger charge is 2.22. The third kappa shape index (κ3) is 4.53. The van der Waals surface area contributed by atoms with Crippen LogP contribution in [0.5, 0.6) is 5.75 Å². The van der Waals surface area contributed by atoms with Crippen molar-refractivity contribution >= 4 is 5.97 Å². The summed E-state index contributed by atoms with van der Waals surface area (Å²) in [7, 11) is 0. The van der Waals surface area contributed by atoms with Crippen LogP contribution in [0.3, 0.4) is 0 Å². The summed E-state index contributed by atoms with van der Waals surface area (Å²) in [6, 6.07) is 7.52. The molecule has 0 radical (unpaired) electrons. The fraction of sp³-hybridized carbons (Fsp3) is 0.562. The van der Waals surface area contributed by atoms with Gasteiger partial charge < -0.3 is 15.2 Å². The van der Waals surface area contributed by atoms with Crippen LogP contribution in [-0.2, 0) is 9.53 Å². The maximum Gasteiger partial charge on any atom is 0.347 e. The second-order valence-corrected chi connectivity index (χ2v) is 4.70. The first-order valence-corrected chi connectivity index (χ1v) is 7.31. The largest absolute Gasteiger partial charge is 0.478 e. The van der Waals surface area contributed by atoms with Gasteiger partial charge in [0, 0.05) is 11.6 Å². The number of ether oxygens (including phenoxy) is 2. The lowest BCUT2D eigenvalue weighted by molar-refractivity contribution is -0.151. The molecule has 0 aliphatic rings. The molecule has 0 heterocycles. The Kier molecular flexibility index (Phi) is 7.09. The molecule has 0 fully saturated rings. The Labute approximate surface area is 121 Å². The van der Waals surface area contributed by atoms with Crippen LogP contribution in [0.4, 0.5) is 0 Å². The third-order valence-electron chi connectivity index (χ3n) is 3.13. The highest BCUT2D eigenvalue weighted by Crippen LogP contribution is 2.27. The Morgan fingerprint density at radius 2 is 1.95 bits per heavy atom. The lowest BCUT2D eigenvalue weighted by Gasteiger charge is -2.21. The number of carbonyl (C=O) groups is 1. The summed E-state index contributed by atoms with van der Waals surface area (Å²) >= 11 is 0. The van der Waals surface area contributed by atoms with E-state index in [2.05, 4.69) is 0 Å². The molecule has 0 spiro atoms. The Hall–Kier alpha value is -1.55. The van der Waals surface area contributed by atoms with Gasteiger partial charge in [-0.25, -0.2) is 4.79 Å². The molecular formula is C16H25NO3. The standard InChI is InChI=1S/C16H25NO3/c1-4-9-15(16(18)19-6-3)20-14-11-8-7-10-12(14)13(17)5-2/h7-8,10-11,13,15H,4-6,9,17H2,1-3H3. The van der Waals surface area contributed by atoms with Gasteiger partial charge in [0.15, 0.2) is 6.10 Å². The number of hydrogen-bond donors (Lipinski definition) is 1. The second-order valence-electron chi connectivity index (χ2n) is 4.70. The lowest BCUT2D eigenvalue weighted by atomic mass is 10.0. The topological polar surface area (TPSA) is 61.5 Å². The minimum atomic E-state index is -0.565. The summed E-state index contributed by atoms with van der Waals surface area (Å²) in [5.74, 6) is 0.363. The fourth-order valence-electron chi connectivity index (χ4n) is 1.99. The first-order valence-electron chi connectivity index (χ1n) is 7.31. The van der Waals surface area contributed by atoms with E-state index in [1.807, 2.05) is 38.1 Å². The molecule has 4 heteroatoms. The highest BCUT2D eigenvalue weighted by atomic mass is 16.6. The van der Waals surface area contributed by atoms with E-state index in [1.165, 1.54) is 0 Å². The second kappa shape index (κ2) is 8.59. The van der Waals surface area contributed by atoms with Crippen LogP contribution in [0, 0.1) is 0 Å². The van der Waals surface area contributed by atoms with Gasteiger partial charge in [0.2, 0.25) is 0 Å². The Morgan fingerprint density at radius 1 is 1.25 bits per heavy atom. The van der Waals surface area contributed by atoms with Crippen LogP contribution in [0.1, 0.15) is 51.6 Å². The molecule has 20 heavy (non-hydrogen) atoms. The number of nitrogens with two attached hydrogens (primary N) is 1. The lowest BCUT2D eigenvalue weighted by Crippen LogP contribution is -2.30. The summed E-state index contributed by atoms with van der Waals surface area (Å²) in [6.07, 6.45) is 1.74. The molecule has 0 amide bonds. The first kappa shape index (κ1) is 16.5. The SMILES string of the molecule is CCCC(Oc1ccccc1C(N)CC)C(=O)OCC.